The number of hydrogen-bond acceptors (Lipinski definition) is 5. The molecule has 2 aromatic heterocycles. The monoisotopic (exact) mass is 508 g/mol. The first-order valence-electron chi connectivity index (χ1n) is 12.8. The number of ether oxygens (including phenoxy) is 1. The van der Waals surface area contributed by atoms with Crippen LogP contribution in [0.1, 0.15) is 62.4 Å². The summed E-state index contributed by atoms with van der Waals surface area (Å²) < 4.78 is 6.89. The number of rotatable bonds is 8. The largest absolute Gasteiger partial charge is 0.444 e. The standard InChI is InChI=1S/C31H32N4O3/c1-31(2,3)38-30(37)34-16-8-4-5-14-29(36)35-21-27(26-12-6-7-13-28(26)35)24(19-32)18-22-10-9-11-23-20-33-17-15-25(22)23/h6-7,9-13,15,17-18,20-21H,4-5,8,14,16H2,1-3H3,(H,34,37)/b24-18+. The number of alkyl carbamates (subject to hydrolysis) is 1. The number of benzene rings is 2. The predicted molar refractivity (Wildman–Crippen MR) is 150 cm³/mol. The van der Waals surface area contributed by atoms with Gasteiger partial charge in [0, 0.05) is 47.9 Å². The van der Waals surface area contributed by atoms with Crippen LogP contribution in [0.3, 0.4) is 0 Å². The number of allylic oxidation sites excluding steroid dienone is 1. The predicted octanol–water partition coefficient (Wildman–Crippen LogP) is 6.98. The highest BCUT2D eigenvalue weighted by atomic mass is 16.6. The molecule has 4 rings (SSSR count). The topological polar surface area (TPSA) is 97.0 Å². The number of nitrogens with zero attached hydrogens (tertiary/aromatic N) is 3. The Labute approximate surface area is 222 Å². The lowest BCUT2D eigenvalue weighted by Gasteiger charge is -2.19. The van der Waals surface area contributed by atoms with E-state index in [9.17, 15) is 14.9 Å². The normalized spacial score (nSPS) is 11.9. The van der Waals surface area contributed by atoms with E-state index >= 15 is 0 Å². The molecule has 0 unspecified atom stereocenters. The maximum absolute atomic E-state index is 13.2. The molecule has 0 fully saturated rings. The number of aromatic nitrogens is 2. The smallest absolute Gasteiger partial charge is 0.407 e. The molecule has 1 N–H and O–H groups in total. The van der Waals surface area contributed by atoms with E-state index in [1.165, 1.54) is 0 Å². The minimum absolute atomic E-state index is 0.0268. The van der Waals surface area contributed by atoms with Crippen molar-refractivity contribution in [1.29, 1.82) is 5.26 Å². The minimum atomic E-state index is -0.526. The van der Waals surface area contributed by atoms with Gasteiger partial charge in [0.25, 0.3) is 0 Å². The first-order chi connectivity index (χ1) is 18.3. The minimum Gasteiger partial charge on any atom is -0.444 e. The summed E-state index contributed by atoms with van der Waals surface area (Å²) in [4.78, 5) is 29.1. The highest BCUT2D eigenvalue weighted by molar-refractivity contribution is 6.06. The lowest BCUT2D eigenvalue weighted by Crippen LogP contribution is -2.33. The number of para-hydroxylation sites is 1. The molecule has 1 amide bonds. The van der Waals surface area contributed by atoms with Crippen LogP contribution in [0.5, 0.6) is 0 Å². The van der Waals surface area contributed by atoms with Gasteiger partial charge in [-0.3, -0.25) is 14.3 Å². The van der Waals surface area contributed by atoms with Crippen LogP contribution in [0.4, 0.5) is 4.79 Å². The van der Waals surface area contributed by atoms with Crippen molar-refractivity contribution < 1.29 is 14.3 Å². The maximum Gasteiger partial charge on any atom is 0.407 e. The number of pyridine rings is 1. The van der Waals surface area contributed by atoms with Gasteiger partial charge in [0.1, 0.15) is 5.60 Å². The van der Waals surface area contributed by atoms with E-state index in [0.29, 0.717) is 25.0 Å². The fourth-order valence-corrected chi connectivity index (χ4v) is 4.40. The number of nitrogens with one attached hydrogen (secondary N) is 1. The Kier molecular flexibility index (Phi) is 8.22. The molecular weight excluding hydrogens is 476 g/mol. The number of carbonyl (C=O) groups is 2. The van der Waals surface area contributed by atoms with Crippen molar-refractivity contribution in [2.45, 2.75) is 52.1 Å². The third kappa shape index (κ3) is 6.46. The molecule has 2 heterocycles. The van der Waals surface area contributed by atoms with Crippen LogP contribution in [0.2, 0.25) is 0 Å². The summed E-state index contributed by atoms with van der Waals surface area (Å²) in [6, 6.07) is 17.8. The number of carbonyl (C=O) groups excluding carboxylic acids is 2. The molecule has 0 bridgehead atoms. The van der Waals surface area contributed by atoms with E-state index in [2.05, 4.69) is 16.4 Å². The second kappa shape index (κ2) is 11.7. The van der Waals surface area contributed by atoms with Gasteiger partial charge in [0.05, 0.1) is 17.2 Å². The van der Waals surface area contributed by atoms with Gasteiger partial charge in [-0.2, -0.15) is 5.26 Å². The quantitative estimate of drug-likeness (QED) is 0.205. The summed E-state index contributed by atoms with van der Waals surface area (Å²) in [5.74, 6) is -0.0268. The Hall–Kier alpha value is -4.44. The number of nitriles is 1. The van der Waals surface area contributed by atoms with Crippen LogP contribution in [0.15, 0.2) is 67.1 Å². The van der Waals surface area contributed by atoms with Crippen molar-refractivity contribution in [3.05, 3.63) is 78.2 Å². The molecule has 0 spiro atoms. The fraction of sp³-hybridized carbons (Fsp3) is 0.290. The Morgan fingerprint density at radius 3 is 2.66 bits per heavy atom. The molecule has 0 saturated carbocycles. The maximum atomic E-state index is 13.2. The van der Waals surface area contributed by atoms with Gasteiger partial charge >= 0.3 is 6.09 Å². The van der Waals surface area contributed by atoms with Crippen LogP contribution in [0, 0.1) is 11.3 Å². The van der Waals surface area contributed by atoms with Crippen LogP contribution >= 0.6 is 0 Å². The molecule has 194 valence electrons. The van der Waals surface area contributed by atoms with Gasteiger partial charge in [0.2, 0.25) is 5.91 Å². The molecule has 0 aliphatic carbocycles. The molecule has 7 nitrogen and oxygen atoms in total. The molecular formula is C31H32N4O3. The van der Waals surface area contributed by atoms with E-state index < -0.39 is 11.7 Å². The molecule has 4 aromatic rings. The van der Waals surface area contributed by atoms with E-state index in [0.717, 1.165) is 45.6 Å². The second-order valence-corrected chi connectivity index (χ2v) is 10.2. The first-order valence-corrected chi connectivity index (χ1v) is 12.8. The zero-order valence-electron chi connectivity index (χ0n) is 22.0. The van der Waals surface area contributed by atoms with Crippen LogP contribution in [0.25, 0.3) is 33.3 Å². The van der Waals surface area contributed by atoms with Crippen LogP contribution < -0.4 is 5.32 Å². The summed E-state index contributed by atoms with van der Waals surface area (Å²) in [5, 5.41) is 15.7. The molecule has 2 aromatic carbocycles. The summed E-state index contributed by atoms with van der Waals surface area (Å²) >= 11 is 0. The number of amides is 1. The highest BCUT2D eigenvalue weighted by Gasteiger charge is 2.17. The molecule has 0 aliphatic heterocycles. The molecule has 0 radical (unpaired) electrons. The molecule has 0 atom stereocenters. The van der Waals surface area contributed by atoms with Crippen molar-refractivity contribution in [2.75, 3.05) is 6.54 Å². The molecule has 7 heteroatoms. The van der Waals surface area contributed by atoms with Gasteiger partial charge in [0.15, 0.2) is 0 Å². The lowest BCUT2D eigenvalue weighted by molar-refractivity contribution is 0.0526. The van der Waals surface area contributed by atoms with E-state index in [1.807, 2.05) is 75.4 Å². The lowest BCUT2D eigenvalue weighted by atomic mass is 10.00. The van der Waals surface area contributed by atoms with E-state index in [1.54, 1.807) is 23.2 Å². The second-order valence-electron chi connectivity index (χ2n) is 10.2. The highest BCUT2D eigenvalue weighted by Crippen LogP contribution is 2.30. The molecule has 0 saturated heterocycles. The number of fused-ring (bicyclic) bond motifs is 2. The average molecular weight is 509 g/mol. The Balaban J connectivity index is 1.47. The van der Waals surface area contributed by atoms with Crippen molar-refractivity contribution in [1.82, 2.24) is 14.9 Å². The zero-order valence-corrected chi connectivity index (χ0v) is 22.0. The number of hydrogen-bond donors (Lipinski definition) is 1. The Morgan fingerprint density at radius 1 is 1.05 bits per heavy atom. The fourth-order valence-electron chi connectivity index (χ4n) is 4.40. The average Bonchev–Trinajstić information content (AvgIpc) is 3.28. The third-order valence-electron chi connectivity index (χ3n) is 6.14. The molecule has 0 aliphatic rings. The summed E-state index contributed by atoms with van der Waals surface area (Å²) in [7, 11) is 0. The number of unbranched alkanes of at least 4 members (excludes halogenated alkanes) is 2. The zero-order chi connectivity index (χ0) is 27.1. The Morgan fingerprint density at radius 2 is 1.87 bits per heavy atom. The SMILES string of the molecule is CC(C)(C)OC(=O)NCCCCCC(=O)n1cc(/C(C#N)=C/c2cccc3cnccc23)c2ccccc21. The van der Waals surface area contributed by atoms with Gasteiger partial charge in [-0.25, -0.2) is 4.79 Å². The first kappa shape index (κ1) is 26.6. The summed E-state index contributed by atoms with van der Waals surface area (Å²) in [6.45, 7) is 5.97. The summed E-state index contributed by atoms with van der Waals surface area (Å²) in [6.07, 6.45) is 9.38. The van der Waals surface area contributed by atoms with Gasteiger partial charge in [-0.15, -0.1) is 0 Å². The van der Waals surface area contributed by atoms with Crippen molar-refractivity contribution >= 4 is 45.3 Å². The van der Waals surface area contributed by atoms with Crippen LogP contribution in [-0.2, 0) is 4.74 Å². The van der Waals surface area contributed by atoms with E-state index in [-0.39, 0.29) is 5.91 Å². The summed E-state index contributed by atoms with van der Waals surface area (Å²) in [5.41, 5.74) is 2.39. The van der Waals surface area contributed by atoms with Crippen LogP contribution in [-0.4, -0.2) is 33.7 Å². The third-order valence-corrected chi connectivity index (χ3v) is 6.14. The molecule has 38 heavy (non-hydrogen) atoms. The van der Waals surface area contributed by atoms with Gasteiger partial charge in [-0.05, 0) is 62.8 Å². The van der Waals surface area contributed by atoms with Crippen molar-refractivity contribution in [3.63, 3.8) is 0 Å². The van der Waals surface area contributed by atoms with E-state index in [4.69, 9.17) is 4.74 Å². The van der Waals surface area contributed by atoms with Crippen molar-refractivity contribution in [3.8, 4) is 6.07 Å². The van der Waals surface area contributed by atoms with Crippen molar-refractivity contribution in [2.24, 2.45) is 0 Å². The van der Waals surface area contributed by atoms with Gasteiger partial charge < -0.3 is 10.1 Å². The van der Waals surface area contributed by atoms with Gasteiger partial charge in [-0.1, -0.05) is 42.8 Å². The Bertz CT molecular complexity index is 1530.